The molecule has 0 radical (unpaired) electrons. The van der Waals surface area contributed by atoms with Crippen molar-refractivity contribution in [3.05, 3.63) is 48.4 Å². The van der Waals surface area contributed by atoms with Gasteiger partial charge < -0.3 is 19.8 Å². The summed E-state index contributed by atoms with van der Waals surface area (Å²) in [5, 5.41) is 6.95. The molecule has 0 fully saturated rings. The van der Waals surface area contributed by atoms with E-state index >= 15 is 0 Å². The van der Waals surface area contributed by atoms with Gasteiger partial charge in [-0.2, -0.15) is 0 Å². The Morgan fingerprint density at radius 2 is 2.05 bits per heavy atom. The molecule has 4 nitrogen and oxygen atoms in total. The molecule has 0 saturated heterocycles. The van der Waals surface area contributed by atoms with E-state index in [-0.39, 0.29) is 0 Å². The van der Waals surface area contributed by atoms with Gasteiger partial charge in [-0.25, -0.2) is 0 Å². The molecule has 0 aliphatic rings. The highest BCUT2D eigenvalue weighted by Crippen LogP contribution is 2.15. The van der Waals surface area contributed by atoms with E-state index in [1.165, 1.54) is 0 Å². The van der Waals surface area contributed by atoms with Gasteiger partial charge in [-0.05, 0) is 62.0 Å². The predicted octanol–water partition coefficient (Wildman–Crippen LogP) is 3.60. The maximum absolute atomic E-state index is 5.40. The Morgan fingerprint density at radius 1 is 1.24 bits per heavy atom. The zero-order valence-electron chi connectivity index (χ0n) is 12.1. The number of ether oxygens (including phenoxy) is 1. The molecule has 2 N–H and O–H groups in total. The normalized spacial score (nSPS) is 10.1. The van der Waals surface area contributed by atoms with Crippen LogP contribution >= 0.6 is 12.2 Å². The fourth-order valence-corrected chi connectivity index (χ4v) is 2.12. The second-order valence-corrected chi connectivity index (χ2v) is 4.93. The number of hydrogen-bond acceptors (Lipinski definition) is 3. The number of aryl methyl sites for hydroxylation is 1. The topological polar surface area (TPSA) is 46.4 Å². The number of furan rings is 1. The van der Waals surface area contributed by atoms with Crippen LogP contribution in [0, 0.1) is 0 Å². The summed E-state index contributed by atoms with van der Waals surface area (Å²) in [6.45, 7) is 3.44. The Labute approximate surface area is 130 Å². The third-order valence-corrected chi connectivity index (χ3v) is 3.14. The molecule has 2 aromatic rings. The number of anilines is 1. The lowest BCUT2D eigenvalue weighted by atomic mass is 10.2. The van der Waals surface area contributed by atoms with Crippen LogP contribution in [0.1, 0.15) is 19.1 Å². The summed E-state index contributed by atoms with van der Waals surface area (Å²) in [7, 11) is 0. The number of benzene rings is 1. The van der Waals surface area contributed by atoms with Crippen molar-refractivity contribution in [3.8, 4) is 5.75 Å². The zero-order valence-corrected chi connectivity index (χ0v) is 12.9. The monoisotopic (exact) mass is 304 g/mol. The summed E-state index contributed by atoms with van der Waals surface area (Å²) in [5.74, 6) is 1.86. The van der Waals surface area contributed by atoms with Crippen LogP contribution in [0.15, 0.2) is 47.1 Å². The quantitative estimate of drug-likeness (QED) is 0.604. The summed E-state index contributed by atoms with van der Waals surface area (Å²) in [5.41, 5.74) is 0.946. The second-order valence-electron chi connectivity index (χ2n) is 4.52. The fourth-order valence-electron chi connectivity index (χ4n) is 1.90. The molecule has 0 saturated carbocycles. The molecule has 5 heteroatoms. The molecule has 0 aliphatic carbocycles. The molecule has 112 valence electrons. The molecular formula is C16H20N2O2S. The van der Waals surface area contributed by atoms with Gasteiger partial charge in [0, 0.05) is 18.7 Å². The van der Waals surface area contributed by atoms with E-state index in [0.717, 1.165) is 36.6 Å². The Balaban J connectivity index is 1.66. The molecule has 2 rings (SSSR count). The third-order valence-electron chi connectivity index (χ3n) is 2.89. The van der Waals surface area contributed by atoms with Crippen LogP contribution in [0.25, 0.3) is 0 Å². The first kappa shape index (κ1) is 15.4. The minimum Gasteiger partial charge on any atom is -0.494 e. The second kappa shape index (κ2) is 8.32. The number of rotatable bonds is 7. The maximum atomic E-state index is 5.40. The molecule has 0 amide bonds. The van der Waals surface area contributed by atoms with Gasteiger partial charge in [0.05, 0.1) is 12.9 Å². The standard InChI is InChI=1S/C16H20N2O2S/c1-2-19-15-9-7-13(8-10-15)18-16(21)17-11-3-5-14-6-4-12-20-14/h4,6-10,12H,2-3,5,11H2,1H3,(H2,17,18,21). The highest BCUT2D eigenvalue weighted by molar-refractivity contribution is 7.80. The summed E-state index contributed by atoms with van der Waals surface area (Å²) in [4.78, 5) is 0. The Bertz CT molecular complexity index is 538. The molecule has 21 heavy (non-hydrogen) atoms. The van der Waals surface area contributed by atoms with Gasteiger partial charge in [0.1, 0.15) is 11.5 Å². The van der Waals surface area contributed by atoms with Crippen molar-refractivity contribution < 1.29 is 9.15 Å². The van der Waals surface area contributed by atoms with Crippen LogP contribution in [0.3, 0.4) is 0 Å². The molecule has 0 spiro atoms. The van der Waals surface area contributed by atoms with Crippen molar-refractivity contribution in [2.45, 2.75) is 19.8 Å². The van der Waals surface area contributed by atoms with E-state index in [1.54, 1.807) is 6.26 Å². The molecule has 1 aromatic carbocycles. The molecule has 0 bridgehead atoms. The average Bonchev–Trinajstić information content (AvgIpc) is 2.99. The highest BCUT2D eigenvalue weighted by Gasteiger charge is 1.99. The smallest absolute Gasteiger partial charge is 0.170 e. The zero-order chi connectivity index (χ0) is 14.9. The lowest BCUT2D eigenvalue weighted by molar-refractivity contribution is 0.340. The predicted molar refractivity (Wildman–Crippen MR) is 88.9 cm³/mol. The Hall–Kier alpha value is -2.01. The van der Waals surface area contributed by atoms with Gasteiger partial charge in [0.15, 0.2) is 5.11 Å². The van der Waals surface area contributed by atoms with E-state index in [1.807, 2.05) is 43.3 Å². The first-order chi connectivity index (χ1) is 10.3. The summed E-state index contributed by atoms with van der Waals surface area (Å²) >= 11 is 5.26. The van der Waals surface area contributed by atoms with E-state index < -0.39 is 0 Å². The van der Waals surface area contributed by atoms with E-state index in [9.17, 15) is 0 Å². The molecule has 0 unspecified atom stereocenters. The summed E-state index contributed by atoms with van der Waals surface area (Å²) in [6, 6.07) is 11.6. The Kier molecular flexibility index (Phi) is 6.09. The van der Waals surface area contributed by atoms with E-state index in [4.69, 9.17) is 21.4 Å². The number of hydrogen-bond donors (Lipinski definition) is 2. The first-order valence-corrected chi connectivity index (χ1v) is 7.49. The molecule has 1 aromatic heterocycles. The lowest BCUT2D eigenvalue weighted by Crippen LogP contribution is -2.29. The SMILES string of the molecule is CCOc1ccc(NC(=S)NCCCc2ccco2)cc1. The largest absolute Gasteiger partial charge is 0.494 e. The van der Waals surface area contributed by atoms with E-state index in [2.05, 4.69) is 10.6 Å². The van der Waals surface area contributed by atoms with Crippen molar-refractivity contribution in [2.24, 2.45) is 0 Å². The van der Waals surface area contributed by atoms with E-state index in [0.29, 0.717) is 11.7 Å². The summed E-state index contributed by atoms with van der Waals surface area (Å²) in [6.07, 6.45) is 3.57. The van der Waals surface area contributed by atoms with Crippen molar-refractivity contribution >= 4 is 23.0 Å². The van der Waals surface area contributed by atoms with Gasteiger partial charge >= 0.3 is 0 Å². The Morgan fingerprint density at radius 3 is 2.71 bits per heavy atom. The number of thiocarbonyl (C=S) groups is 1. The molecular weight excluding hydrogens is 284 g/mol. The highest BCUT2D eigenvalue weighted by atomic mass is 32.1. The fraction of sp³-hybridized carbons (Fsp3) is 0.312. The lowest BCUT2D eigenvalue weighted by Gasteiger charge is -2.11. The van der Waals surface area contributed by atoms with Crippen molar-refractivity contribution in [2.75, 3.05) is 18.5 Å². The molecule has 1 heterocycles. The minimum atomic E-state index is 0.624. The van der Waals surface area contributed by atoms with Crippen LogP contribution in [0.5, 0.6) is 5.75 Å². The number of nitrogens with one attached hydrogen (secondary N) is 2. The van der Waals surface area contributed by atoms with Gasteiger partial charge in [-0.1, -0.05) is 0 Å². The van der Waals surface area contributed by atoms with Crippen molar-refractivity contribution in [1.82, 2.24) is 5.32 Å². The van der Waals surface area contributed by atoms with Gasteiger partial charge in [0.25, 0.3) is 0 Å². The van der Waals surface area contributed by atoms with Gasteiger partial charge in [-0.15, -0.1) is 0 Å². The van der Waals surface area contributed by atoms with Crippen LogP contribution in [-0.4, -0.2) is 18.3 Å². The first-order valence-electron chi connectivity index (χ1n) is 7.08. The van der Waals surface area contributed by atoms with Gasteiger partial charge in [-0.3, -0.25) is 0 Å². The van der Waals surface area contributed by atoms with Crippen LogP contribution in [0.2, 0.25) is 0 Å². The average molecular weight is 304 g/mol. The maximum Gasteiger partial charge on any atom is 0.170 e. The van der Waals surface area contributed by atoms with Crippen LogP contribution in [-0.2, 0) is 6.42 Å². The van der Waals surface area contributed by atoms with Crippen LogP contribution in [0.4, 0.5) is 5.69 Å². The van der Waals surface area contributed by atoms with Gasteiger partial charge in [0.2, 0.25) is 0 Å². The van der Waals surface area contributed by atoms with Crippen LogP contribution < -0.4 is 15.4 Å². The van der Waals surface area contributed by atoms with Crippen molar-refractivity contribution in [3.63, 3.8) is 0 Å². The molecule has 0 aliphatic heterocycles. The minimum absolute atomic E-state index is 0.624. The van der Waals surface area contributed by atoms with Crippen molar-refractivity contribution in [1.29, 1.82) is 0 Å². The molecule has 0 atom stereocenters. The third kappa shape index (κ3) is 5.47. The summed E-state index contributed by atoms with van der Waals surface area (Å²) < 4.78 is 10.7.